The van der Waals surface area contributed by atoms with Crippen LogP contribution in [0.15, 0.2) is 83.5 Å². The predicted octanol–water partition coefficient (Wildman–Crippen LogP) is 5.05. The Hall–Kier alpha value is -4.17. The number of hydrogen-bond donors (Lipinski definition) is 2. The second kappa shape index (κ2) is 8.76. The van der Waals surface area contributed by atoms with Crippen LogP contribution in [0.1, 0.15) is 36.1 Å². The number of anilines is 3. The molecule has 2 aromatic carbocycles. The molecule has 3 amide bonds. The van der Waals surface area contributed by atoms with Gasteiger partial charge in [-0.3, -0.25) is 14.4 Å². The fraction of sp³-hybridized carbons (Fsp3) is 0.0800. The fourth-order valence-electron chi connectivity index (χ4n) is 3.70. The molecule has 3 heterocycles. The predicted molar refractivity (Wildman–Crippen MR) is 127 cm³/mol. The lowest BCUT2D eigenvalue weighted by Gasteiger charge is -2.17. The number of nitrogens with zero attached hydrogens (tertiary/aromatic N) is 1. The number of para-hydroxylation sites is 1. The number of carbonyl (C=O) groups is 3. The summed E-state index contributed by atoms with van der Waals surface area (Å²) in [5.74, 6) is -0.546. The molecule has 0 spiro atoms. The van der Waals surface area contributed by atoms with Crippen molar-refractivity contribution in [2.75, 3.05) is 22.1 Å². The molecule has 0 unspecified atom stereocenters. The average molecular weight is 458 g/mol. The summed E-state index contributed by atoms with van der Waals surface area (Å²) >= 11 is 1.16. The third kappa shape index (κ3) is 4.28. The van der Waals surface area contributed by atoms with E-state index in [0.29, 0.717) is 27.7 Å². The molecule has 33 heavy (non-hydrogen) atoms. The molecule has 0 saturated heterocycles. The Morgan fingerprint density at radius 2 is 1.67 bits per heavy atom. The van der Waals surface area contributed by atoms with Crippen LogP contribution in [-0.4, -0.2) is 24.3 Å². The topological polar surface area (TPSA) is 91.7 Å². The molecule has 7 nitrogen and oxygen atoms in total. The molecule has 0 saturated carbocycles. The van der Waals surface area contributed by atoms with Crippen molar-refractivity contribution in [1.82, 2.24) is 0 Å². The van der Waals surface area contributed by atoms with Crippen LogP contribution in [0.2, 0.25) is 0 Å². The molecule has 5 rings (SSSR count). The number of benzene rings is 2. The van der Waals surface area contributed by atoms with Gasteiger partial charge in [0.05, 0.1) is 16.1 Å². The Bertz CT molecular complexity index is 1330. The highest BCUT2D eigenvalue weighted by Gasteiger charge is 2.25. The standard InChI is InChI=1S/C25H19N3O4S/c29-23(20-6-3-15-32-20)27-22-12-11-21(33-22)24(30)26-18-9-7-17(8-10-18)25(31)28-14-13-16-4-1-2-5-19(16)28/h1-12,15H,13-14H2,(H,26,30)(H,27,29). The van der Waals surface area contributed by atoms with Crippen molar-refractivity contribution in [2.45, 2.75) is 6.42 Å². The van der Waals surface area contributed by atoms with E-state index in [1.165, 1.54) is 11.8 Å². The van der Waals surface area contributed by atoms with Gasteiger partial charge in [0, 0.05) is 23.5 Å². The first kappa shape index (κ1) is 20.7. The molecular formula is C25H19N3O4S. The minimum Gasteiger partial charge on any atom is -0.459 e. The molecule has 0 fully saturated rings. The van der Waals surface area contributed by atoms with Crippen LogP contribution in [-0.2, 0) is 6.42 Å². The lowest BCUT2D eigenvalue weighted by atomic mass is 10.1. The van der Waals surface area contributed by atoms with E-state index in [4.69, 9.17) is 4.42 Å². The third-order valence-electron chi connectivity index (χ3n) is 5.33. The summed E-state index contributed by atoms with van der Waals surface area (Å²) < 4.78 is 5.06. The maximum Gasteiger partial charge on any atom is 0.291 e. The highest BCUT2D eigenvalue weighted by molar-refractivity contribution is 7.18. The Morgan fingerprint density at radius 1 is 0.848 bits per heavy atom. The van der Waals surface area contributed by atoms with Gasteiger partial charge in [-0.05, 0) is 66.6 Å². The zero-order valence-electron chi connectivity index (χ0n) is 17.4. The first-order valence-electron chi connectivity index (χ1n) is 10.3. The number of nitrogens with one attached hydrogen (secondary N) is 2. The maximum absolute atomic E-state index is 12.9. The molecule has 1 aliphatic rings. The molecule has 4 aromatic rings. The number of furan rings is 1. The van der Waals surface area contributed by atoms with Crippen molar-refractivity contribution in [3.05, 3.63) is 101 Å². The van der Waals surface area contributed by atoms with E-state index in [1.807, 2.05) is 24.3 Å². The van der Waals surface area contributed by atoms with Gasteiger partial charge in [0.15, 0.2) is 5.76 Å². The van der Waals surface area contributed by atoms with Crippen LogP contribution in [0.4, 0.5) is 16.4 Å². The molecular weight excluding hydrogens is 438 g/mol. The Morgan fingerprint density at radius 3 is 2.45 bits per heavy atom. The van der Waals surface area contributed by atoms with Gasteiger partial charge in [0.25, 0.3) is 17.7 Å². The SMILES string of the molecule is O=C(Nc1ccc(C(=O)Nc2ccc(C(=O)N3CCc4ccccc43)cc2)s1)c1ccco1. The molecule has 2 aromatic heterocycles. The number of carbonyl (C=O) groups excluding carboxylic acids is 3. The second-order valence-electron chi connectivity index (χ2n) is 7.46. The summed E-state index contributed by atoms with van der Waals surface area (Å²) in [4.78, 5) is 39.8. The number of hydrogen-bond acceptors (Lipinski definition) is 5. The fourth-order valence-corrected chi connectivity index (χ4v) is 4.50. The Balaban J connectivity index is 1.22. The lowest BCUT2D eigenvalue weighted by molar-refractivity contribution is 0.0984. The van der Waals surface area contributed by atoms with Crippen molar-refractivity contribution >= 4 is 45.4 Å². The second-order valence-corrected chi connectivity index (χ2v) is 8.55. The first-order chi connectivity index (χ1) is 16.1. The van der Waals surface area contributed by atoms with Crippen LogP contribution in [0.5, 0.6) is 0 Å². The molecule has 0 bridgehead atoms. The number of fused-ring (bicyclic) bond motifs is 1. The van der Waals surface area contributed by atoms with E-state index in [1.54, 1.807) is 53.4 Å². The molecule has 0 aliphatic carbocycles. The van der Waals surface area contributed by atoms with E-state index in [-0.39, 0.29) is 23.5 Å². The van der Waals surface area contributed by atoms with Crippen LogP contribution < -0.4 is 15.5 Å². The zero-order chi connectivity index (χ0) is 22.8. The number of thiophene rings is 1. The van der Waals surface area contributed by atoms with Gasteiger partial charge in [-0.1, -0.05) is 18.2 Å². The summed E-state index contributed by atoms with van der Waals surface area (Å²) in [6.45, 7) is 0.661. The maximum atomic E-state index is 12.9. The van der Waals surface area contributed by atoms with Gasteiger partial charge in [0.1, 0.15) is 0 Å². The highest BCUT2D eigenvalue weighted by Crippen LogP contribution is 2.29. The first-order valence-corrected chi connectivity index (χ1v) is 11.2. The van der Waals surface area contributed by atoms with Gasteiger partial charge in [0.2, 0.25) is 0 Å². The molecule has 2 N–H and O–H groups in total. The summed E-state index contributed by atoms with van der Waals surface area (Å²) in [6, 6.07) is 21.2. The summed E-state index contributed by atoms with van der Waals surface area (Å²) in [5.41, 5.74) is 3.26. The monoisotopic (exact) mass is 457 g/mol. The summed E-state index contributed by atoms with van der Waals surface area (Å²) in [5, 5.41) is 6.06. The summed E-state index contributed by atoms with van der Waals surface area (Å²) in [7, 11) is 0. The van der Waals surface area contributed by atoms with Crippen molar-refractivity contribution in [3.63, 3.8) is 0 Å². The van der Waals surface area contributed by atoms with E-state index < -0.39 is 0 Å². The largest absolute Gasteiger partial charge is 0.459 e. The minimum atomic E-state index is -0.380. The minimum absolute atomic E-state index is 0.0620. The molecule has 164 valence electrons. The van der Waals surface area contributed by atoms with E-state index in [0.717, 1.165) is 23.4 Å². The van der Waals surface area contributed by atoms with Crippen LogP contribution in [0, 0.1) is 0 Å². The third-order valence-corrected chi connectivity index (χ3v) is 6.33. The molecule has 0 atom stereocenters. The van der Waals surface area contributed by atoms with Crippen molar-refractivity contribution < 1.29 is 18.8 Å². The molecule has 8 heteroatoms. The lowest BCUT2D eigenvalue weighted by Crippen LogP contribution is -2.28. The van der Waals surface area contributed by atoms with Gasteiger partial charge in [-0.15, -0.1) is 11.3 Å². The average Bonchev–Trinajstić information content (AvgIpc) is 3.60. The summed E-state index contributed by atoms with van der Waals surface area (Å²) in [6.07, 6.45) is 2.27. The Labute approximate surface area is 193 Å². The van der Waals surface area contributed by atoms with Crippen LogP contribution in [0.25, 0.3) is 0 Å². The molecule has 0 radical (unpaired) electrons. The van der Waals surface area contributed by atoms with Gasteiger partial charge in [-0.25, -0.2) is 0 Å². The van der Waals surface area contributed by atoms with Crippen molar-refractivity contribution in [2.24, 2.45) is 0 Å². The van der Waals surface area contributed by atoms with Crippen LogP contribution >= 0.6 is 11.3 Å². The number of rotatable bonds is 5. The number of amides is 3. The van der Waals surface area contributed by atoms with E-state index >= 15 is 0 Å². The smallest absolute Gasteiger partial charge is 0.291 e. The van der Waals surface area contributed by atoms with E-state index in [2.05, 4.69) is 10.6 Å². The zero-order valence-corrected chi connectivity index (χ0v) is 18.2. The van der Waals surface area contributed by atoms with Crippen LogP contribution in [0.3, 0.4) is 0 Å². The van der Waals surface area contributed by atoms with Crippen molar-refractivity contribution in [3.8, 4) is 0 Å². The highest BCUT2D eigenvalue weighted by atomic mass is 32.1. The van der Waals surface area contributed by atoms with E-state index in [9.17, 15) is 14.4 Å². The van der Waals surface area contributed by atoms with Gasteiger partial charge in [-0.2, -0.15) is 0 Å². The van der Waals surface area contributed by atoms with Crippen molar-refractivity contribution in [1.29, 1.82) is 0 Å². The normalized spacial score (nSPS) is 12.3. The quantitative estimate of drug-likeness (QED) is 0.439. The van der Waals surface area contributed by atoms with Gasteiger partial charge < -0.3 is 20.0 Å². The van der Waals surface area contributed by atoms with Gasteiger partial charge >= 0.3 is 0 Å². The molecule has 1 aliphatic heterocycles. The Kier molecular flexibility index (Phi) is 5.50.